The van der Waals surface area contributed by atoms with Crippen LogP contribution in [0, 0.1) is 11.3 Å². The van der Waals surface area contributed by atoms with Gasteiger partial charge in [0.05, 0.1) is 67.8 Å². The first kappa shape index (κ1) is 51.8. The minimum absolute atomic E-state index is 0.00447. The minimum Gasteiger partial charge on any atom is -0.491 e. The van der Waals surface area contributed by atoms with Gasteiger partial charge < -0.3 is 39.6 Å². The maximum atomic E-state index is 13.7. The number of fused-ring (bicyclic) bond motifs is 2. The molecule has 0 spiro atoms. The van der Waals surface area contributed by atoms with Gasteiger partial charge in [-0.1, -0.05) is 35.6 Å². The summed E-state index contributed by atoms with van der Waals surface area (Å²) >= 11 is 0. The molecule has 392 valence electrons. The van der Waals surface area contributed by atoms with E-state index < -0.39 is 35.8 Å². The predicted octanol–water partition coefficient (Wildman–Crippen LogP) is 3.95. The number of amides is 6. The zero-order valence-electron chi connectivity index (χ0n) is 41.2. The van der Waals surface area contributed by atoms with Crippen molar-refractivity contribution in [3.63, 3.8) is 0 Å². The highest BCUT2D eigenvalue weighted by Gasteiger charge is 2.46. The smallest absolute Gasteiger partial charge is 0.407 e. The molecule has 3 aromatic carbocycles. The number of carbonyl (C=O) groups excluding carboxylic acids is 6. The summed E-state index contributed by atoms with van der Waals surface area (Å²) in [5, 5.41) is 28.7. The van der Waals surface area contributed by atoms with Gasteiger partial charge in [0.25, 0.3) is 17.7 Å². The molecule has 0 bridgehead atoms. The molecule has 6 heterocycles. The van der Waals surface area contributed by atoms with Crippen LogP contribution in [0.5, 0.6) is 17.2 Å². The summed E-state index contributed by atoms with van der Waals surface area (Å²) in [7, 11) is 0. The van der Waals surface area contributed by atoms with E-state index in [1.54, 1.807) is 27.9 Å². The molecule has 0 aliphatic carbocycles. The Morgan fingerprint density at radius 2 is 1.68 bits per heavy atom. The first-order valence-corrected chi connectivity index (χ1v) is 24.7. The Labute approximate surface area is 434 Å². The van der Waals surface area contributed by atoms with Crippen molar-refractivity contribution >= 4 is 52.5 Å². The molecule has 2 unspecified atom stereocenters. The molecular weight excluding hydrogens is 983 g/mol. The second-order valence-electron chi connectivity index (χ2n) is 17.7. The number of anilines is 1. The number of benzene rings is 3. The first-order chi connectivity index (χ1) is 37.1. The number of aryl methyl sites for hydroxylation is 1. The average Bonchev–Trinajstić information content (AvgIpc) is 4.14. The lowest BCUT2D eigenvalue weighted by atomic mass is 10.0. The Kier molecular flexibility index (Phi) is 16.6. The number of rotatable bonds is 22. The van der Waals surface area contributed by atoms with Gasteiger partial charge in [-0.3, -0.25) is 34.2 Å². The van der Waals surface area contributed by atoms with Crippen molar-refractivity contribution in [2.75, 3.05) is 65.0 Å². The fourth-order valence-corrected chi connectivity index (χ4v) is 9.02. The van der Waals surface area contributed by atoms with Gasteiger partial charge >= 0.3 is 6.09 Å². The lowest BCUT2D eigenvalue weighted by Crippen LogP contribution is -2.54. The number of nitrogens with zero attached hydrogens (tertiary/aromatic N) is 10. The number of hydrogen-bond donors (Lipinski definition) is 3. The quantitative estimate of drug-likeness (QED) is 0.0375. The molecule has 3 aromatic heterocycles. The SMILES string of the molecule is N#CC(=CCCc1cn(CCOCCOCCOC(=O)NCCOc2cccc3c2C(=O)N(C2CCC(=O)NC2=O)C3=O)nn1)C(=O)N1CCCC(n2nc(-c3ccc(Oc4ccccc4)cc3)c3c(N)ncnc32)C1. The minimum atomic E-state index is -1.10. The molecule has 2 atom stereocenters. The number of nitrogen functional groups attached to an aromatic ring is 1. The normalized spacial score (nSPS) is 16.6. The molecule has 0 radical (unpaired) electrons. The topological polar surface area (TPSA) is 303 Å². The van der Waals surface area contributed by atoms with Crippen LogP contribution >= 0.6 is 0 Å². The fraction of sp³-hybridized carbons (Fsp3) is 0.346. The number of nitriles is 1. The number of likely N-dealkylation sites (tertiary alicyclic amines) is 1. The van der Waals surface area contributed by atoms with Gasteiger partial charge in [0.15, 0.2) is 5.65 Å². The lowest BCUT2D eigenvalue weighted by molar-refractivity contribution is -0.136. The van der Waals surface area contributed by atoms with Crippen LogP contribution in [0.3, 0.4) is 0 Å². The summed E-state index contributed by atoms with van der Waals surface area (Å²) in [6.07, 6.45) is 6.45. The monoisotopic (exact) mass is 1040 g/mol. The van der Waals surface area contributed by atoms with Gasteiger partial charge in [-0.05, 0) is 80.6 Å². The summed E-state index contributed by atoms with van der Waals surface area (Å²) in [5.74, 6) is -1.08. The second kappa shape index (κ2) is 24.3. The summed E-state index contributed by atoms with van der Waals surface area (Å²) in [5.41, 5.74) is 9.21. The first-order valence-electron chi connectivity index (χ1n) is 24.7. The van der Waals surface area contributed by atoms with E-state index in [2.05, 4.69) is 37.0 Å². The number of aromatic nitrogens is 7. The Hall–Kier alpha value is -9.08. The van der Waals surface area contributed by atoms with Gasteiger partial charge in [-0.2, -0.15) is 10.4 Å². The largest absolute Gasteiger partial charge is 0.491 e. The highest BCUT2D eigenvalue weighted by molar-refractivity contribution is 6.24. The standard InChI is InChI=1S/C52H53N13O11/c53-29-34(49(68)62-21-6-9-36(31-62)65-47-44(46(54)56-32-57-47)45(60-65)33-14-16-38(17-15-33)76-37-10-2-1-3-11-37)7-4-8-35-30-63(61-59-35)22-24-72-25-26-73-27-28-75-52(71)55-20-23-74-41-13-5-12-39-43(41)51(70)64(50(39)69)40-18-19-42(66)58-48(40)67/h1-3,5,7,10-17,30,32,36,40H,4,6,8-9,18-28,31H2,(H,55,71)(H2,54,56,57)(H,58,66,67). The predicted molar refractivity (Wildman–Crippen MR) is 268 cm³/mol. The molecule has 4 N–H and O–H groups in total. The van der Waals surface area contributed by atoms with E-state index in [4.69, 9.17) is 34.5 Å². The molecule has 6 amide bonds. The number of para-hydroxylation sites is 1. The number of piperidine rings is 2. The van der Waals surface area contributed by atoms with Crippen molar-refractivity contribution in [2.45, 2.75) is 57.2 Å². The Balaban J connectivity index is 0.647. The Morgan fingerprint density at radius 1 is 0.895 bits per heavy atom. The molecule has 3 aliphatic rings. The van der Waals surface area contributed by atoms with E-state index in [0.29, 0.717) is 79.5 Å². The van der Waals surface area contributed by atoms with E-state index in [0.717, 1.165) is 22.6 Å². The fourth-order valence-electron chi connectivity index (χ4n) is 9.02. The van der Waals surface area contributed by atoms with Crippen LogP contribution in [-0.2, 0) is 41.6 Å². The van der Waals surface area contributed by atoms with Crippen LogP contribution < -0.4 is 25.8 Å². The van der Waals surface area contributed by atoms with Gasteiger partial charge in [0.2, 0.25) is 11.8 Å². The Bertz CT molecular complexity index is 3190. The van der Waals surface area contributed by atoms with E-state index in [-0.39, 0.29) is 86.8 Å². The molecule has 76 heavy (non-hydrogen) atoms. The van der Waals surface area contributed by atoms with Crippen LogP contribution in [0.2, 0.25) is 0 Å². The number of nitrogens with two attached hydrogens (primary N) is 1. The van der Waals surface area contributed by atoms with Crippen LogP contribution in [0.25, 0.3) is 22.3 Å². The van der Waals surface area contributed by atoms with Crippen LogP contribution in [0.4, 0.5) is 10.6 Å². The number of allylic oxidation sites excluding steroid dienone is 1. The van der Waals surface area contributed by atoms with E-state index in [1.165, 1.54) is 18.5 Å². The number of carbonyl (C=O) groups is 6. The number of hydrogen-bond acceptors (Lipinski definition) is 18. The van der Waals surface area contributed by atoms with Crippen molar-refractivity contribution in [2.24, 2.45) is 0 Å². The summed E-state index contributed by atoms with van der Waals surface area (Å²) in [4.78, 5) is 87.5. The molecule has 24 nitrogen and oxygen atoms in total. The third kappa shape index (κ3) is 12.1. The van der Waals surface area contributed by atoms with E-state index >= 15 is 0 Å². The van der Waals surface area contributed by atoms with Crippen LogP contribution in [0.1, 0.15) is 64.6 Å². The van der Waals surface area contributed by atoms with Gasteiger partial charge in [-0.25, -0.2) is 24.1 Å². The van der Waals surface area contributed by atoms with Crippen molar-refractivity contribution < 1.29 is 52.5 Å². The van der Waals surface area contributed by atoms with Crippen LogP contribution in [-0.4, -0.2) is 145 Å². The molecule has 2 fully saturated rings. The summed E-state index contributed by atoms with van der Waals surface area (Å²) < 4.78 is 31.4. The van der Waals surface area contributed by atoms with Gasteiger partial charge in [0, 0.05) is 31.3 Å². The number of imide groups is 2. The third-order valence-electron chi connectivity index (χ3n) is 12.7. The molecule has 3 aliphatic heterocycles. The number of alkyl carbamates (subject to hydrolysis) is 1. The van der Waals surface area contributed by atoms with Gasteiger partial charge in [0.1, 0.15) is 66.0 Å². The van der Waals surface area contributed by atoms with Crippen molar-refractivity contribution in [1.29, 1.82) is 5.26 Å². The number of nitrogens with one attached hydrogen (secondary N) is 2. The molecule has 2 saturated heterocycles. The highest BCUT2D eigenvalue weighted by Crippen LogP contribution is 2.36. The van der Waals surface area contributed by atoms with Gasteiger partial charge in [-0.15, -0.1) is 5.10 Å². The Morgan fingerprint density at radius 3 is 2.49 bits per heavy atom. The van der Waals surface area contributed by atoms with Crippen LogP contribution in [0.15, 0.2) is 97.0 Å². The average molecular weight is 1040 g/mol. The zero-order chi connectivity index (χ0) is 53.0. The van der Waals surface area contributed by atoms with E-state index in [9.17, 15) is 34.0 Å². The summed E-state index contributed by atoms with van der Waals surface area (Å²) in [6, 6.07) is 22.3. The molecular formula is C52H53N13O11. The number of ether oxygens (including phenoxy) is 5. The zero-order valence-corrected chi connectivity index (χ0v) is 41.2. The van der Waals surface area contributed by atoms with Crippen molar-refractivity contribution in [3.05, 3.63) is 114 Å². The summed E-state index contributed by atoms with van der Waals surface area (Å²) in [6.45, 7) is 2.19. The van der Waals surface area contributed by atoms with E-state index in [1.807, 2.05) is 59.3 Å². The maximum absolute atomic E-state index is 13.7. The molecule has 6 aromatic rings. The third-order valence-corrected chi connectivity index (χ3v) is 12.7. The molecule has 24 heteroatoms. The molecule has 9 rings (SSSR count). The second-order valence-corrected chi connectivity index (χ2v) is 17.7. The van der Waals surface area contributed by atoms with Crippen molar-refractivity contribution in [1.82, 2.24) is 55.2 Å². The highest BCUT2D eigenvalue weighted by atomic mass is 16.6. The maximum Gasteiger partial charge on any atom is 0.407 e. The lowest BCUT2D eigenvalue weighted by Gasteiger charge is -2.32. The van der Waals surface area contributed by atoms with Crippen molar-refractivity contribution in [3.8, 4) is 34.6 Å². The molecule has 0 saturated carbocycles.